The quantitative estimate of drug-likeness (QED) is 0.278. The number of nitrogens with zero attached hydrogens (tertiary/aromatic N) is 3. The molecule has 0 radical (unpaired) electrons. The van der Waals surface area contributed by atoms with Crippen molar-refractivity contribution in [3.05, 3.63) is 92.8 Å². The summed E-state index contributed by atoms with van der Waals surface area (Å²) in [6, 6.07) is 5.57. The van der Waals surface area contributed by atoms with Crippen LogP contribution in [0.1, 0.15) is 21.5 Å². The molecule has 0 spiro atoms. The molecule has 184 valence electrons. The number of anilines is 1. The van der Waals surface area contributed by atoms with Crippen molar-refractivity contribution in [2.24, 2.45) is 0 Å². The summed E-state index contributed by atoms with van der Waals surface area (Å²) in [5.74, 6) is -6.76. The molecule has 2 aliphatic rings. The Morgan fingerprint density at radius 2 is 1.75 bits per heavy atom. The topological polar surface area (TPSA) is 47.9 Å². The summed E-state index contributed by atoms with van der Waals surface area (Å²) >= 11 is 0. The van der Waals surface area contributed by atoms with Gasteiger partial charge in [-0.05, 0) is 45.3 Å². The Kier molecular flexibility index (Phi) is 6.05. The third-order valence-electron chi connectivity index (χ3n) is 6.80. The molecule has 0 atom stereocenters. The van der Waals surface area contributed by atoms with Gasteiger partial charge in [-0.2, -0.15) is 0 Å². The monoisotopic (exact) mass is 508 g/mol. The van der Waals surface area contributed by atoms with E-state index in [1.54, 1.807) is 12.1 Å². The highest BCUT2D eigenvalue weighted by Gasteiger charge is 2.43. The molecule has 1 aliphatic heterocycles. The van der Waals surface area contributed by atoms with E-state index in [4.69, 9.17) is 6.57 Å². The number of hydrogen-bond donors (Lipinski definition) is 1. The molecule has 1 N–H and O–H groups in total. The molecule has 0 bridgehead atoms. The standard InChI is InChI=1S/C27H24F3N3O2Si/c1-31-26-24(29)21(22(27(34)35)23(28)25(26)30)20-16-10-8-14(32(2)3)12-18(16)36(6,7)19-13-15(33(4)5)9-11-17(19)20/h8-13H,2-7H3/p+1. The van der Waals surface area contributed by atoms with E-state index < -0.39 is 48.3 Å². The Morgan fingerprint density at radius 3 is 2.31 bits per heavy atom. The molecule has 5 nitrogen and oxygen atoms in total. The zero-order valence-corrected chi connectivity index (χ0v) is 21.8. The van der Waals surface area contributed by atoms with Crippen LogP contribution in [0.5, 0.6) is 0 Å². The van der Waals surface area contributed by atoms with Gasteiger partial charge in [0.05, 0.1) is 6.57 Å². The van der Waals surface area contributed by atoms with Gasteiger partial charge in [-0.3, -0.25) is 0 Å². The van der Waals surface area contributed by atoms with Crippen molar-refractivity contribution in [2.45, 2.75) is 13.1 Å². The van der Waals surface area contributed by atoms with Crippen molar-refractivity contribution < 1.29 is 27.6 Å². The lowest BCUT2D eigenvalue weighted by atomic mass is 9.86. The highest BCUT2D eigenvalue weighted by atomic mass is 28.3. The molecule has 0 fully saturated rings. The Morgan fingerprint density at radius 1 is 1.08 bits per heavy atom. The largest absolute Gasteiger partial charge is 0.478 e. The van der Waals surface area contributed by atoms with Gasteiger partial charge >= 0.3 is 5.97 Å². The number of benzene rings is 2. The summed E-state index contributed by atoms with van der Waals surface area (Å²) in [7, 11) is 5.12. The molecule has 1 aliphatic carbocycles. The maximum atomic E-state index is 15.8. The van der Waals surface area contributed by atoms with Gasteiger partial charge in [0.2, 0.25) is 0 Å². The first-order chi connectivity index (χ1) is 16.8. The predicted molar refractivity (Wildman–Crippen MR) is 138 cm³/mol. The molecule has 4 rings (SSSR count). The van der Waals surface area contributed by atoms with E-state index in [1.807, 2.05) is 62.0 Å². The number of hydrogen-bond acceptors (Lipinski definition) is 2. The van der Waals surface area contributed by atoms with E-state index in [0.717, 1.165) is 21.8 Å². The van der Waals surface area contributed by atoms with E-state index in [9.17, 15) is 14.3 Å². The SMILES string of the molecule is [C-]#[N+]c1c(F)c(F)c(C(=O)O)c(C2=C3C=CC(=[N+](C)C)C=C3[Si](C)(C)c3cc(N(C)C)ccc32)c1F. The summed E-state index contributed by atoms with van der Waals surface area (Å²) in [4.78, 5) is 16.9. The molecular formula is C27H25F3N3O2Si+. The Bertz CT molecular complexity index is 1520. The van der Waals surface area contributed by atoms with Crippen LogP contribution >= 0.6 is 0 Å². The molecule has 0 unspecified atom stereocenters. The van der Waals surface area contributed by atoms with Gasteiger partial charge in [-0.1, -0.05) is 19.2 Å². The van der Waals surface area contributed by atoms with Crippen molar-refractivity contribution >= 4 is 41.9 Å². The average Bonchev–Trinajstić information content (AvgIpc) is 2.82. The summed E-state index contributed by atoms with van der Waals surface area (Å²) in [5.41, 5.74) is 0.116. The highest BCUT2D eigenvalue weighted by molar-refractivity contribution is 6.98. The Balaban J connectivity index is 2.26. The maximum absolute atomic E-state index is 15.8. The lowest BCUT2D eigenvalue weighted by molar-refractivity contribution is -0.462. The predicted octanol–water partition coefficient (Wildman–Crippen LogP) is 4.90. The van der Waals surface area contributed by atoms with Crippen molar-refractivity contribution in [1.29, 1.82) is 0 Å². The lowest BCUT2D eigenvalue weighted by Gasteiger charge is -2.38. The summed E-state index contributed by atoms with van der Waals surface area (Å²) < 4.78 is 47.3. The summed E-state index contributed by atoms with van der Waals surface area (Å²) in [5, 5.41) is 11.7. The molecule has 2 aromatic rings. The third kappa shape index (κ3) is 3.60. The Labute approximate surface area is 208 Å². The second kappa shape index (κ2) is 8.64. The van der Waals surface area contributed by atoms with Gasteiger partial charge in [0.15, 0.2) is 17.3 Å². The molecule has 9 heteroatoms. The number of fused-ring (bicyclic) bond motifs is 2. The maximum Gasteiger partial charge on any atom is 0.339 e. The van der Waals surface area contributed by atoms with Gasteiger partial charge in [-0.25, -0.2) is 27.4 Å². The van der Waals surface area contributed by atoms with Crippen LogP contribution in [0.25, 0.3) is 10.4 Å². The normalized spacial score (nSPS) is 15.7. The minimum absolute atomic E-state index is 0.140. The van der Waals surface area contributed by atoms with Crippen LogP contribution in [0.4, 0.5) is 24.5 Å². The number of allylic oxidation sites excluding steroid dienone is 5. The molecule has 0 amide bonds. The third-order valence-corrected chi connectivity index (χ3v) is 10.3. The first-order valence-electron chi connectivity index (χ1n) is 11.2. The van der Waals surface area contributed by atoms with Crippen LogP contribution in [0.2, 0.25) is 13.1 Å². The molecule has 2 aromatic carbocycles. The molecule has 0 saturated carbocycles. The fraction of sp³-hybridized carbons (Fsp3) is 0.222. The lowest BCUT2D eigenvalue weighted by Crippen LogP contribution is -2.50. The highest BCUT2D eigenvalue weighted by Crippen LogP contribution is 2.45. The minimum atomic E-state index is -2.44. The van der Waals surface area contributed by atoms with Crippen molar-refractivity contribution in [1.82, 2.24) is 0 Å². The number of rotatable bonds is 3. The van der Waals surface area contributed by atoms with Gasteiger partial charge in [0.1, 0.15) is 33.5 Å². The Hall–Kier alpha value is -3.90. The van der Waals surface area contributed by atoms with Crippen molar-refractivity contribution in [3.63, 3.8) is 0 Å². The van der Waals surface area contributed by atoms with Crippen LogP contribution in [0.15, 0.2) is 47.2 Å². The number of aromatic carboxylic acids is 1. The van der Waals surface area contributed by atoms with Crippen LogP contribution in [-0.2, 0) is 0 Å². The number of carboxylic acid groups (broad SMARTS) is 1. The van der Waals surface area contributed by atoms with Crippen LogP contribution in [0, 0.1) is 24.0 Å². The summed E-state index contributed by atoms with van der Waals surface area (Å²) in [6.07, 6.45) is 5.57. The van der Waals surface area contributed by atoms with Gasteiger partial charge in [0, 0.05) is 37.5 Å². The fourth-order valence-electron chi connectivity index (χ4n) is 4.83. The number of carbonyl (C=O) groups is 1. The zero-order chi connectivity index (χ0) is 26.7. The van der Waals surface area contributed by atoms with E-state index in [-0.39, 0.29) is 5.57 Å². The fourth-order valence-corrected chi connectivity index (χ4v) is 7.90. The second-order valence-electron chi connectivity index (χ2n) is 9.71. The van der Waals surface area contributed by atoms with Gasteiger partial charge in [0.25, 0.3) is 5.69 Å². The van der Waals surface area contributed by atoms with Crippen LogP contribution < -0.4 is 10.1 Å². The molecule has 1 heterocycles. The van der Waals surface area contributed by atoms with Crippen LogP contribution in [-0.4, -0.2) is 57.6 Å². The smallest absolute Gasteiger partial charge is 0.339 e. The van der Waals surface area contributed by atoms with E-state index in [1.165, 1.54) is 0 Å². The minimum Gasteiger partial charge on any atom is -0.478 e. The van der Waals surface area contributed by atoms with E-state index in [0.29, 0.717) is 11.1 Å². The zero-order valence-electron chi connectivity index (χ0n) is 20.8. The number of carboxylic acids is 1. The average molecular weight is 509 g/mol. The second-order valence-corrected chi connectivity index (χ2v) is 14.0. The van der Waals surface area contributed by atoms with E-state index in [2.05, 4.69) is 17.9 Å². The molecule has 36 heavy (non-hydrogen) atoms. The first-order valence-corrected chi connectivity index (χ1v) is 14.2. The van der Waals surface area contributed by atoms with Gasteiger partial charge in [-0.15, -0.1) is 0 Å². The van der Waals surface area contributed by atoms with Crippen molar-refractivity contribution in [2.75, 3.05) is 33.1 Å². The molecule has 0 saturated heterocycles. The van der Waals surface area contributed by atoms with Gasteiger partial charge < -0.3 is 10.0 Å². The van der Waals surface area contributed by atoms with Crippen molar-refractivity contribution in [3.8, 4) is 0 Å². The van der Waals surface area contributed by atoms with Crippen LogP contribution in [0.3, 0.4) is 0 Å². The first kappa shape index (κ1) is 25.2. The van der Waals surface area contributed by atoms with E-state index >= 15 is 8.78 Å². The molecular weight excluding hydrogens is 483 g/mol. The molecule has 0 aromatic heterocycles. The summed E-state index contributed by atoms with van der Waals surface area (Å²) in [6.45, 7) is 11.5. The number of halogens is 3.